The van der Waals surface area contributed by atoms with Gasteiger partial charge in [0.25, 0.3) is 0 Å². The van der Waals surface area contributed by atoms with Gasteiger partial charge in [-0.1, -0.05) is 145 Å². The molecule has 0 atom stereocenters. The van der Waals surface area contributed by atoms with Crippen molar-refractivity contribution in [3.8, 4) is 0 Å². The van der Waals surface area contributed by atoms with Crippen molar-refractivity contribution in [2.24, 2.45) is 0 Å². The number of unbranched alkanes of at least 4 members (excludes halogenated alkanes) is 12. The van der Waals surface area contributed by atoms with Crippen LogP contribution >= 0.6 is 0 Å². The highest BCUT2D eigenvalue weighted by atomic mass is 16.1. The van der Waals surface area contributed by atoms with Crippen LogP contribution in [-0.2, 0) is 4.79 Å². The van der Waals surface area contributed by atoms with E-state index in [0.29, 0.717) is 0 Å². The van der Waals surface area contributed by atoms with E-state index in [0.717, 1.165) is 41.4 Å². The predicted octanol–water partition coefficient (Wildman–Crippen LogP) is 9.17. The van der Waals surface area contributed by atoms with Crippen molar-refractivity contribution < 1.29 is 4.79 Å². The summed E-state index contributed by atoms with van der Waals surface area (Å²) in [7, 11) is 0. The topological polar surface area (TPSA) is 17.1 Å². The van der Waals surface area contributed by atoms with Crippen molar-refractivity contribution in [3.05, 3.63) is 77.4 Å². The first kappa shape index (κ1) is 25.1. The van der Waals surface area contributed by atoms with E-state index in [1.165, 1.54) is 77.0 Å². The molecule has 0 bridgehead atoms. The molecule has 0 radical (unpaired) electrons. The molecule has 0 amide bonds. The molecule has 0 unspecified atom stereocenters. The highest BCUT2D eigenvalue weighted by Crippen LogP contribution is 2.28. The van der Waals surface area contributed by atoms with Gasteiger partial charge in [-0.05, 0) is 29.5 Å². The fourth-order valence-electron chi connectivity index (χ4n) is 4.32. The van der Waals surface area contributed by atoms with Gasteiger partial charge in [-0.25, -0.2) is 0 Å². The van der Waals surface area contributed by atoms with E-state index < -0.39 is 0 Å². The van der Waals surface area contributed by atoms with Crippen LogP contribution in [0.15, 0.2) is 66.2 Å². The Hall–Kier alpha value is -2.15. The summed E-state index contributed by atoms with van der Waals surface area (Å²) in [6.07, 6.45) is 19.4. The number of benzene rings is 2. The van der Waals surface area contributed by atoms with Crippen molar-refractivity contribution in [1.82, 2.24) is 0 Å². The molecule has 168 valence electrons. The zero-order chi connectivity index (χ0) is 22.0. The van der Waals surface area contributed by atoms with Crippen LogP contribution in [0.4, 0.5) is 0 Å². The number of allylic oxidation sites excluding steroid dienone is 1. The molecule has 1 heteroatoms. The minimum atomic E-state index is 0.861. The minimum Gasteiger partial charge on any atom is -0.298 e. The van der Waals surface area contributed by atoms with Crippen LogP contribution < -0.4 is 0 Å². The van der Waals surface area contributed by atoms with Gasteiger partial charge >= 0.3 is 0 Å². The highest BCUT2D eigenvalue weighted by molar-refractivity contribution is 5.94. The lowest BCUT2D eigenvalue weighted by Crippen LogP contribution is -1.97. The van der Waals surface area contributed by atoms with Gasteiger partial charge in [0, 0.05) is 5.57 Å². The summed E-state index contributed by atoms with van der Waals surface area (Å²) >= 11 is 0. The van der Waals surface area contributed by atoms with E-state index in [9.17, 15) is 4.79 Å². The van der Waals surface area contributed by atoms with Crippen LogP contribution in [0, 0.1) is 0 Å². The molecule has 0 aliphatic heterocycles. The van der Waals surface area contributed by atoms with Gasteiger partial charge in [0.2, 0.25) is 0 Å². The molecule has 2 aromatic rings. The molecule has 0 saturated carbocycles. The average Bonchev–Trinajstić information content (AvgIpc) is 2.82. The number of aldehydes is 1. The Labute approximate surface area is 191 Å². The highest BCUT2D eigenvalue weighted by Gasteiger charge is 2.11. The van der Waals surface area contributed by atoms with Gasteiger partial charge in [0.15, 0.2) is 0 Å². The second kappa shape index (κ2) is 16.5. The van der Waals surface area contributed by atoms with Crippen LogP contribution in [0.5, 0.6) is 0 Å². The number of hydrogen-bond acceptors (Lipinski definition) is 1. The molecule has 0 spiro atoms. The van der Waals surface area contributed by atoms with Gasteiger partial charge in [-0.2, -0.15) is 0 Å². The summed E-state index contributed by atoms with van der Waals surface area (Å²) in [6.45, 7) is 2.28. The van der Waals surface area contributed by atoms with Crippen LogP contribution in [-0.4, -0.2) is 6.29 Å². The monoisotopic (exact) mass is 418 g/mol. The Morgan fingerprint density at radius 1 is 0.581 bits per heavy atom. The van der Waals surface area contributed by atoms with E-state index in [2.05, 4.69) is 31.2 Å². The normalized spacial score (nSPS) is 10.7. The number of rotatable bonds is 17. The van der Waals surface area contributed by atoms with Gasteiger partial charge < -0.3 is 0 Å². The quantitative estimate of drug-likeness (QED) is 0.142. The smallest absolute Gasteiger partial charge is 0.146 e. The summed E-state index contributed by atoms with van der Waals surface area (Å²) < 4.78 is 0. The fraction of sp³-hybridized carbons (Fsp3) is 0.500. The average molecular weight is 419 g/mol. The van der Waals surface area contributed by atoms with Gasteiger partial charge in [-0.15, -0.1) is 0 Å². The summed E-state index contributed by atoms with van der Waals surface area (Å²) in [5.41, 5.74) is 4.28. The fourth-order valence-corrected chi connectivity index (χ4v) is 4.32. The Bertz CT molecular complexity index is 688. The molecule has 2 rings (SSSR count). The zero-order valence-electron chi connectivity index (χ0n) is 19.7. The maximum atomic E-state index is 12.0. The Balaban J connectivity index is 1.72. The summed E-state index contributed by atoms with van der Waals surface area (Å²) in [5, 5.41) is 0. The first-order valence-corrected chi connectivity index (χ1v) is 12.7. The predicted molar refractivity (Wildman–Crippen MR) is 135 cm³/mol. The molecule has 2 aromatic carbocycles. The van der Waals surface area contributed by atoms with E-state index >= 15 is 0 Å². The molecule has 0 aliphatic carbocycles. The molecule has 0 fully saturated rings. The van der Waals surface area contributed by atoms with E-state index in [-0.39, 0.29) is 0 Å². The first-order valence-electron chi connectivity index (χ1n) is 12.7. The lowest BCUT2D eigenvalue weighted by Gasteiger charge is -2.13. The largest absolute Gasteiger partial charge is 0.298 e. The standard InChI is InChI=1S/C30H42O/c1-2-3-4-5-6-7-8-9-10-11-12-13-16-25-29(26-31)30(27-21-17-14-18-22-27)28-23-19-15-20-24-28/h14-15,17-24,26H,2-13,16,25H2,1H3. The molecular formula is C30H42O. The van der Waals surface area contributed by atoms with Crippen molar-refractivity contribution >= 4 is 11.9 Å². The molecule has 1 nitrogen and oxygen atoms in total. The number of hydrogen-bond donors (Lipinski definition) is 0. The second-order valence-electron chi connectivity index (χ2n) is 8.74. The van der Waals surface area contributed by atoms with Crippen molar-refractivity contribution in [2.45, 2.75) is 96.8 Å². The van der Waals surface area contributed by atoms with Crippen LogP contribution in [0.25, 0.3) is 5.57 Å². The van der Waals surface area contributed by atoms with E-state index in [4.69, 9.17) is 0 Å². The molecule has 0 saturated heterocycles. The summed E-state index contributed by atoms with van der Waals surface area (Å²) in [5.74, 6) is 0. The van der Waals surface area contributed by atoms with Crippen LogP contribution in [0.3, 0.4) is 0 Å². The minimum absolute atomic E-state index is 0.861. The van der Waals surface area contributed by atoms with Crippen LogP contribution in [0.1, 0.15) is 108 Å². The van der Waals surface area contributed by atoms with Gasteiger partial charge in [0.1, 0.15) is 6.29 Å². The lowest BCUT2D eigenvalue weighted by molar-refractivity contribution is -0.105. The van der Waals surface area contributed by atoms with Crippen LogP contribution in [0.2, 0.25) is 0 Å². The molecule has 31 heavy (non-hydrogen) atoms. The SMILES string of the molecule is CCCCCCCCCCCCCCCC(C=O)=C(c1ccccc1)c1ccccc1. The molecule has 0 aromatic heterocycles. The maximum Gasteiger partial charge on any atom is 0.146 e. The van der Waals surface area contributed by atoms with Gasteiger partial charge in [-0.3, -0.25) is 4.79 Å². The summed E-state index contributed by atoms with van der Waals surface area (Å²) in [6, 6.07) is 20.7. The molecule has 0 aliphatic rings. The molecule has 0 heterocycles. The van der Waals surface area contributed by atoms with Crippen molar-refractivity contribution in [3.63, 3.8) is 0 Å². The third kappa shape index (κ3) is 10.1. The molecule has 0 N–H and O–H groups in total. The Morgan fingerprint density at radius 3 is 1.35 bits per heavy atom. The Morgan fingerprint density at radius 2 is 0.968 bits per heavy atom. The number of carbonyl (C=O) groups is 1. The zero-order valence-corrected chi connectivity index (χ0v) is 19.7. The molecular weight excluding hydrogens is 376 g/mol. The lowest BCUT2D eigenvalue weighted by atomic mass is 9.91. The van der Waals surface area contributed by atoms with Crippen molar-refractivity contribution in [2.75, 3.05) is 0 Å². The van der Waals surface area contributed by atoms with E-state index in [1.807, 2.05) is 36.4 Å². The third-order valence-corrected chi connectivity index (χ3v) is 6.14. The van der Waals surface area contributed by atoms with E-state index in [1.54, 1.807) is 0 Å². The second-order valence-corrected chi connectivity index (χ2v) is 8.74. The Kier molecular flexibility index (Phi) is 13.4. The van der Waals surface area contributed by atoms with Gasteiger partial charge in [0.05, 0.1) is 0 Å². The van der Waals surface area contributed by atoms with Crippen molar-refractivity contribution in [1.29, 1.82) is 0 Å². The third-order valence-electron chi connectivity index (χ3n) is 6.14. The number of carbonyl (C=O) groups excluding carboxylic acids is 1. The maximum absolute atomic E-state index is 12.0. The summed E-state index contributed by atoms with van der Waals surface area (Å²) in [4.78, 5) is 12.0. The first-order chi connectivity index (χ1) is 15.4.